The van der Waals surface area contributed by atoms with E-state index in [4.69, 9.17) is 21.6 Å². The molecule has 0 unspecified atom stereocenters. The molecule has 0 radical (unpaired) electrons. The van der Waals surface area contributed by atoms with Gasteiger partial charge in [0.1, 0.15) is 12.4 Å². The molecule has 0 bridgehead atoms. The minimum Gasteiger partial charge on any atom is -0.489 e. The Bertz CT molecular complexity index is 423. The van der Waals surface area contributed by atoms with Crippen LogP contribution in [0.2, 0.25) is 0 Å². The maximum Gasteiger partial charge on any atom is 0.125 e. The molecule has 0 atom stereocenters. The van der Waals surface area contributed by atoms with Crippen molar-refractivity contribution in [2.24, 2.45) is 0 Å². The Hall–Kier alpha value is -1.46. The first-order chi connectivity index (χ1) is 7.58. The minimum absolute atomic E-state index is 0.397. The lowest BCUT2D eigenvalue weighted by Crippen LogP contribution is -2.04. The summed E-state index contributed by atoms with van der Waals surface area (Å²) < 4.78 is 5.63. The molecule has 16 heavy (non-hydrogen) atoms. The fraction of sp³-hybridized carbons (Fsp3) is 0.308. The van der Waals surface area contributed by atoms with E-state index in [1.807, 2.05) is 26.0 Å². The lowest BCUT2D eigenvalue weighted by Gasteiger charge is -2.12. The highest BCUT2D eigenvalue weighted by Gasteiger charge is 2.06. The number of nitriles is 1. The molecule has 0 aromatic heterocycles. The molecule has 0 fully saturated rings. The van der Waals surface area contributed by atoms with Gasteiger partial charge in [-0.15, -0.1) is 11.6 Å². The molecule has 3 heteroatoms. The van der Waals surface area contributed by atoms with Crippen LogP contribution in [0.5, 0.6) is 5.75 Å². The Kier molecular flexibility index (Phi) is 4.39. The number of benzene rings is 1. The molecule has 0 spiro atoms. The van der Waals surface area contributed by atoms with Gasteiger partial charge < -0.3 is 4.74 Å². The first-order valence-corrected chi connectivity index (χ1v) is 5.48. The summed E-state index contributed by atoms with van der Waals surface area (Å²) in [5.41, 5.74) is 3.40. The maximum atomic E-state index is 8.81. The highest BCUT2D eigenvalue weighted by atomic mass is 35.5. The molecule has 0 aliphatic carbocycles. The van der Waals surface area contributed by atoms with Crippen molar-refractivity contribution >= 4 is 11.6 Å². The van der Waals surface area contributed by atoms with E-state index >= 15 is 0 Å². The molecule has 2 nitrogen and oxygen atoms in total. The van der Waals surface area contributed by atoms with Gasteiger partial charge in [0.15, 0.2) is 0 Å². The normalized spacial score (nSPS) is 9.62. The SMILES string of the molecule is C=C(CCl)COc1c(C)cc(C#N)cc1C. The minimum atomic E-state index is 0.397. The molecule has 0 N–H and O–H groups in total. The molecule has 0 heterocycles. The zero-order valence-corrected chi connectivity index (χ0v) is 10.3. The molecule has 84 valence electrons. The van der Waals surface area contributed by atoms with Crippen molar-refractivity contribution in [1.29, 1.82) is 5.26 Å². The van der Waals surface area contributed by atoms with Crippen molar-refractivity contribution < 1.29 is 4.74 Å². The van der Waals surface area contributed by atoms with Gasteiger partial charge in [0.25, 0.3) is 0 Å². The second-order valence-electron chi connectivity index (χ2n) is 3.72. The van der Waals surface area contributed by atoms with Gasteiger partial charge in [0.2, 0.25) is 0 Å². The van der Waals surface area contributed by atoms with Gasteiger partial charge in [0.05, 0.1) is 11.6 Å². The van der Waals surface area contributed by atoms with Gasteiger partial charge in [-0.2, -0.15) is 5.26 Å². The first kappa shape index (κ1) is 12.6. The molecule has 0 aliphatic heterocycles. The Labute approximate surface area is 101 Å². The summed E-state index contributed by atoms with van der Waals surface area (Å²) in [5, 5.41) is 8.81. The standard InChI is InChI=1S/C13H14ClNO/c1-9(6-14)8-16-13-10(2)4-12(7-15)5-11(13)3/h4-5H,1,6,8H2,2-3H3. The van der Waals surface area contributed by atoms with Crippen LogP contribution in [0, 0.1) is 25.2 Å². The lowest BCUT2D eigenvalue weighted by atomic mass is 10.1. The van der Waals surface area contributed by atoms with Gasteiger partial charge in [-0.05, 0) is 42.7 Å². The molecule has 0 amide bonds. The van der Waals surface area contributed by atoms with Crippen LogP contribution >= 0.6 is 11.6 Å². The molecular formula is C13H14ClNO. The second-order valence-corrected chi connectivity index (χ2v) is 3.99. The molecule has 0 saturated carbocycles. The Morgan fingerprint density at radius 2 is 2.00 bits per heavy atom. The number of halogens is 1. The monoisotopic (exact) mass is 235 g/mol. The van der Waals surface area contributed by atoms with Crippen LogP contribution in [0.25, 0.3) is 0 Å². The maximum absolute atomic E-state index is 8.81. The topological polar surface area (TPSA) is 33.0 Å². The zero-order chi connectivity index (χ0) is 12.1. The lowest BCUT2D eigenvalue weighted by molar-refractivity contribution is 0.348. The highest BCUT2D eigenvalue weighted by Crippen LogP contribution is 2.24. The molecule has 0 aliphatic rings. The summed E-state index contributed by atoms with van der Waals surface area (Å²) in [7, 11) is 0. The molecule has 1 aromatic rings. The second kappa shape index (κ2) is 5.58. The van der Waals surface area contributed by atoms with Gasteiger partial charge in [-0.1, -0.05) is 6.58 Å². The predicted molar refractivity (Wildman–Crippen MR) is 66.0 cm³/mol. The van der Waals surface area contributed by atoms with Crippen molar-refractivity contribution in [1.82, 2.24) is 0 Å². The third kappa shape index (κ3) is 3.01. The van der Waals surface area contributed by atoms with Crippen LogP contribution in [-0.4, -0.2) is 12.5 Å². The summed E-state index contributed by atoms with van der Waals surface area (Å²) >= 11 is 5.62. The Balaban J connectivity index is 2.89. The number of aryl methyl sites for hydroxylation is 2. The summed E-state index contributed by atoms with van der Waals surface area (Å²) in [6.45, 7) is 8.03. The van der Waals surface area contributed by atoms with E-state index in [-0.39, 0.29) is 0 Å². The van der Waals surface area contributed by atoms with Crippen LogP contribution in [0.1, 0.15) is 16.7 Å². The van der Waals surface area contributed by atoms with E-state index < -0.39 is 0 Å². The van der Waals surface area contributed by atoms with Gasteiger partial charge in [-0.25, -0.2) is 0 Å². The number of rotatable bonds is 4. The summed E-state index contributed by atoms with van der Waals surface area (Å²) in [6.07, 6.45) is 0. The fourth-order valence-corrected chi connectivity index (χ4v) is 1.53. The largest absolute Gasteiger partial charge is 0.489 e. The van der Waals surface area contributed by atoms with Crippen LogP contribution in [0.3, 0.4) is 0 Å². The van der Waals surface area contributed by atoms with E-state index in [0.717, 1.165) is 22.4 Å². The Morgan fingerprint density at radius 1 is 1.44 bits per heavy atom. The summed E-state index contributed by atoms with van der Waals surface area (Å²) in [5.74, 6) is 1.21. The van der Waals surface area contributed by atoms with Crippen molar-refractivity contribution in [2.75, 3.05) is 12.5 Å². The third-order valence-electron chi connectivity index (χ3n) is 2.20. The molecular weight excluding hydrogens is 222 g/mol. The number of alkyl halides is 1. The van der Waals surface area contributed by atoms with Gasteiger partial charge >= 0.3 is 0 Å². The highest BCUT2D eigenvalue weighted by molar-refractivity contribution is 6.19. The van der Waals surface area contributed by atoms with Crippen molar-refractivity contribution in [2.45, 2.75) is 13.8 Å². The summed E-state index contributed by atoms with van der Waals surface area (Å²) in [6, 6.07) is 5.74. The van der Waals surface area contributed by atoms with Crippen LogP contribution in [0.4, 0.5) is 0 Å². The Morgan fingerprint density at radius 3 is 2.44 bits per heavy atom. The number of nitrogens with zero attached hydrogens (tertiary/aromatic N) is 1. The summed E-state index contributed by atoms with van der Waals surface area (Å²) in [4.78, 5) is 0. The van der Waals surface area contributed by atoms with Crippen LogP contribution in [-0.2, 0) is 0 Å². The quantitative estimate of drug-likeness (QED) is 0.592. The smallest absolute Gasteiger partial charge is 0.125 e. The van der Waals surface area contributed by atoms with E-state index in [1.54, 1.807) is 0 Å². The fourth-order valence-electron chi connectivity index (χ4n) is 1.46. The molecule has 0 saturated heterocycles. The number of hydrogen-bond acceptors (Lipinski definition) is 2. The first-order valence-electron chi connectivity index (χ1n) is 4.95. The van der Waals surface area contributed by atoms with Crippen molar-refractivity contribution in [3.8, 4) is 11.8 Å². The third-order valence-corrected chi connectivity index (χ3v) is 2.58. The molecule has 1 aromatic carbocycles. The predicted octanol–water partition coefficient (Wildman–Crippen LogP) is 3.35. The number of ether oxygens (including phenoxy) is 1. The average Bonchev–Trinajstić information content (AvgIpc) is 2.27. The zero-order valence-electron chi connectivity index (χ0n) is 9.51. The van der Waals surface area contributed by atoms with E-state index in [9.17, 15) is 0 Å². The van der Waals surface area contributed by atoms with Crippen LogP contribution < -0.4 is 4.74 Å². The van der Waals surface area contributed by atoms with E-state index in [2.05, 4.69) is 12.6 Å². The van der Waals surface area contributed by atoms with E-state index in [0.29, 0.717) is 18.1 Å². The van der Waals surface area contributed by atoms with Crippen molar-refractivity contribution in [3.63, 3.8) is 0 Å². The van der Waals surface area contributed by atoms with Gasteiger partial charge in [0, 0.05) is 5.88 Å². The molecule has 1 rings (SSSR count). The van der Waals surface area contributed by atoms with Gasteiger partial charge in [-0.3, -0.25) is 0 Å². The number of hydrogen-bond donors (Lipinski definition) is 0. The van der Waals surface area contributed by atoms with Crippen LogP contribution in [0.15, 0.2) is 24.3 Å². The van der Waals surface area contributed by atoms with Crippen molar-refractivity contribution in [3.05, 3.63) is 41.0 Å². The average molecular weight is 236 g/mol. The van der Waals surface area contributed by atoms with E-state index in [1.165, 1.54) is 0 Å².